The molecule has 9 nitrogen and oxygen atoms in total. The summed E-state index contributed by atoms with van der Waals surface area (Å²) in [5.74, 6) is -0.734. The molecule has 3 aliphatic rings. The number of cyclic esters (lactones) is 1. The molecule has 160 valence electrons. The normalized spacial score (nSPS) is 28.6. The third-order valence-corrected chi connectivity index (χ3v) is 6.25. The highest BCUT2D eigenvalue weighted by Gasteiger charge is 2.42. The van der Waals surface area contributed by atoms with Crippen LogP contribution in [-0.2, 0) is 9.53 Å². The van der Waals surface area contributed by atoms with Crippen LogP contribution in [0.3, 0.4) is 0 Å². The number of carbonyl (C=O) groups excluding carboxylic acids is 1. The van der Waals surface area contributed by atoms with Crippen LogP contribution in [0.5, 0.6) is 0 Å². The zero-order chi connectivity index (χ0) is 20.1. The molecule has 0 aromatic rings. The number of rotatable bonds is 8. The zero-order valence-corrected chi connectivity index (χ0v) is 17.3. The Hall–Kier alpha value is -1.42. The fourth-order valence-corrected chi connectivity index (χ4v) is 4.28. The van der Waals surface area contributed by atoms with E-state index in [1.165, 1.54) is 0 Å². The summed E-state index contributed by atoms with van der Waals surface area (Å²) in [6, 6.07) is 0.0542. The van der Waals surface area contributed by atoms with E-state index in [4.69, 9.17) is 9.84 Å². The van der Waals surface area contributed by atoms with Crippen LogP contribution in [0.1, 0.15) is 19.8 Å². The second-order valence-corrected chi connectivity index (χ2v) is 8.23. The van der Waals surface area contributed by atoms with E-state index >= 15 is 0 Å². The summed E-state index contributed by atoms with van der Waals surface area (Å²) in [5, 5.41) is 8.76. The molecule has 3 heterocycles. The van der Waals surface area contributed by atoms with Crippen molar-refractivity contribution in [3.63, 3.8) is 0 Å². The Morgan fingerprint density at radius 3 is 2.25 bits per heavy atom. The summed E-state index contributed by atoms with van der Waals surface area (Å²) >= 11 is 0. The molecule has 3 saturated heterocycles. The number of nitrogens with zero attached hydrogens (tertiary/aromatic N) is 5. The Labute approximate surface area is 167 Å². The number of hydrogen-bond acceptors (Lipinski definition) is 7. The van der Waals surface area contributed by atoms with Gasteiger partial charge in [0, 0.05) is 71.9 Å². The first-order valence-electron chi connectivity index (χ1n) is 10.5. The lowest BCUT2D eigenvalue weighted by molar-refractivity contribution is -0.137. The Morgan fingerprint density at radius 2 is 1.61 bits per heavy atom. The molecule has 0 aliphatic carbocycles. The molecule has 3 rings (SSSR count). The molecule has 0 saturated carbocycles. The van der Waals surface area contributed by atoms with Gasteiger partial charge >= 0.3 is 12.1 Å². The first-order valence-corrected chi connectivity index (χ1v) is 10.5. The SMILES string of the molecule is CC1C(N2CCN(CCCC(=O)O)CC2)OC(=O)N1CCN1CCN(C)CC1. The molecule has 1 amide bonds. The average Bonchev–Trinajstić information content (AvgIpc) is 2.95. The van der Waals surface area contributed by atoms with E-state index in [1.807, 2.05) is 4.90 Å². The molecule has 0 radical (unpaired) electrons. The van der Waals surface area contributed by atoms with Crippen LogP contribution >= 0.6 is 0 Å². The van der Waals surface area contributed by atoms with Gasteiger partial charge in [0.1, 0.15) is 0 Å². The summed E-state index contributed by atoms with van der Waals surface area (Å²) in [6.45, 7) is 12.3. The lowest BCUT2D eigenvalue weighted by atomic mass is 10.2. The number of aliphatic carboxylic acids is 1. The predicted octanol–water partition coefficient (Wildman–Crippen LogP) is -0.117. The molecule has 2 atom stereocenters. The van der Waals surface area contributed by atoms with Crippen molar-refractivity contribution in [1.82, 2.24) is 24.5 Å². The monoisotopic (exact) mass is 397 g/mol. The molecular formula is C19H35N5O4. The van der Waals surface area contributed by atoms with E-state index in [-0.39, 0.29) is 24.8 Å². The standard InChI is InChI=1S/C19H35N5O4/c1-16-18(23-13-10-21(11-14-23)5-3-4-17(25)26)28-19(27)24(16)15-12-22-8-6-20(2)7-9-22/h16,18H,3-15H2,1-2H3,(H,25,26). The summed E-state index contributed by atoms with van der Waals surface area (Å²) < 4.78 is 5.72. The number of hydrogen-bond donors (Lipinski definition) is 1. The van der Waals surface area contributed by atoms with E-state index in [2.05, 4.69) is 33.6 Å². The van der Waals surface area contributed by atoms with Crippen LogP contribution < -0.4 is 0 Å². The number of carbonyl (C=O) groups is 2. The highest BCUT2D eigenvalue weighted by molar-refractivity contribution is 5.70. The Morgan fingerprint density at radius 1 is 1.00 bits per heavy atom. The Bertz CT molecular complexity index is 532. The maximum atomic E-state index is 12.4. The molecule has 9 heteroatoms. The number of likely N-dealkylation sites (N-methyl/N-ethyl adjacent to an activating group) is 1. The van der Waals surface area contributed by atoms with Crippen molar-refractivity contribution >= 4 is 12.1 Å². The van der Waals surface area contributed by atoms with Crippen LogP contribution in [0.25, 0.3) is 0 Å². The van der Waals surface area contributed by atoms with E-state index < -0.39 is 5.97 Å². The van der Waals surface area contributed by atoms with Gasteiger partial charge in [-0.05, 0) is 26.9 Å². The van der Waals surface area contributed by atoms with Crippen LogP contribution in [0.15, 0.2) is 0 Å². The number of carboxylic acid groups (broad SMARTS) is 1. The van der Waals surface area contributed by atoms with E-state index in [1.54, 1.807) is 0 Å². The fourth-order valence-electron chi connectivity index (χ4n) is 4.28. The molecule has 3 aliphatic heterocycles. The van der Waals surface area contributed by atoms with Gasteiger partial charge in [0.05, 0.1) is 6.04 Å². The van der Waals surface area contributed by atoms with Crippen molar-refractivity contribution in [2.45, 2.75) is 32.0 Å². The molecule has 0 aromatic heterocycles. The third kappa shape index (κ3) is 5.56. The van der Waals surface area contributed by atoms with Gasteiger partial charge in [-0.2, -0.15) is 0 Å². The number of carboxylic acids is 1. The van der Waals surface area contributed by atoms with Gasteiger partial charge in [0.15, 0.2) is 6.23 Å². The van der Waals surface area contributed by atoms with Crippen molar-refractivity contribution in [2.24, 2.45) is 0 Å². The van der Waals surface area contributed by atoms with Crippen molar-refractivity contribution in [3.05, 3.63) is 0 Å². The molecule has 0 bridgehead atoms. The maximum Gasteiger partial charge on any atom is 0.411 e. The van der Waals surface area contributed by atoms with Gasteiger partial charge in [0.25, 0.3) is 0 Å². The van der Waals surface area contributed by atoms with Gasteiger partial charge in [-0.3, -0.25) is 19.5 Å². The quantitative estimate of drug-likeness (QED) is 0.608. The first-order chi connectivity index (χ1) is 13.4. The van der Waals surface area contributed by atoms with Crippen LogP contribution in [0.2, 0.25) is 0 Å². The summed E-state index contributed by atoms with van der Waals surface area (Å²) in [4.78, 5) is 34.2. The maximum absolute atomic E-state index is 12.4. The molecule has 28 heavy (non-hydrogen) atoms. The minimum atomic E-state index is -0.734. The van der Waals surface area contributed by atoms with Crippen LogP contribution in [0.4, 0.5) is 4.79 Å². The summed E-state index contributed by atoms with van der Waals surface area (Å²) in [6.07, 6.45) is 0.529. The second kappa shape index (κ2) is 9.87. The molecule has 0 spiro atoms. The molecular weight excluding hydrogens is 362 g/mol. The number of ether oxygens (including phenoxy) is 1. The summed E-state index contributed by atoms with van der Waals surface area (Å²) in [5.41, 5.74) is 0. The minimum Gasteiger partial charge on any atom is -0.481 e. The zero-order valence-electron chi connectivity index (χ0n) is 17.3. The second-order valence-electron chi connectivity index (χ2n) is 8.23. The van der Waals surface area contributed by atoms with Crippen LogP contribution in [0, 0.1) is 0 Å². The van der Waals surface area contributed by atoms with Gasteiger partial charge in [-0.15, -0.1) is 0 Å². The van der Waals surface area contributed by atoms with Gasteiger partial charge < -0.3 is 19.6 Å². The molecule has 1 N–H and O–H groups in total. The average molecular weight is 398 g/mol. The van der Waals surface area contributed by atoms with E-state index in [0.717, 1.165) is 72.0 Å². The van der Waals surface area contributed by atoms with Gasteiger partial charge in [-0.1, -0.05) is 0 Å². The smallest absolute Gasteiger partial charge is 0.411 e. The van der Waals surface area contributed by atoms with Gasteiger partial charge in [0.2, 0.25) is 0 Å². The molecule has 3 fully saturated rings. The van der Waals surface area contributed by atoms with Crippen LogP contribution in [-0.4, -0.2) is 133 Å². The van der Waals surface area contributed by atoms with Crippen molar-refractivity contribution in [1.29, 1.82) is 0 Å². The predicted molar refractivity (Wildman–Crippen MR) is 105 cm³/mol. The highest BCUT2D eigenvalue weighted by Crippen LogP contribution is 2.23. The molecule has 2 unspecified atom stereocenters. The highest BCUT2D eigenvalue weighted by atomic mass is 16.6. The van der Waals surface area contributed by atoms with Crippen molar-refractivity contribution in [2.75, 3.05) is 79.0 Å². The third-order valence-electron chi connectivity index (χ3n) is 6.25. The fraction of sp³-hybridized carbons (Fsp3) is 0.895. The summed E-state index contributed by atoms with van der Waals surface area (Å²) in [7, 11) is 2.15. The largest absolute Gasteiger partial charge is 0.481 e. The first kappa shape index (κ1) is 21.3. The van der Waals surface area contributed by atoms with E-state index in [0.29, 0.717) is 6.42 Å². The number of piperazine rings is 2. The van der Waals surface area contributed by atoms with Crippen molar-refractivity contribution < 1.29 is 19.4 Å². The Balaban J connectivity index is 1.41. The number of amides is 1. The topological polar surface area (TPSA) is 79.8 Å². The molecule has 0 aromatic carbocycles. The minimum absolute atomic E-state index is 0.0542. The van der Waals surface area contributed by atoms with Gasteiger partial charge in [-0.25, -0.2) is 4.79 Å². The van der Waals surface area contributed by atoms with E-state index in [9.17, 15) is 9.59 Å². The van der Waals surface area contributed by atoms with Crippen molar-refractivity contribution in [3.8, 4) is 0 Å². The lowest BCUT2D eigenvalue weighted by Crippen LogP contribution is -2.54. The Kier molecular flexibility index (Phi) is 7.50. The lowest BCUT2D eigenvalue weighted by Gasteiger charge is -2.38.